The van der Waals surface area contributed by atoms with Crippen molar-refractivity contribution < 1.29 is 9.59 Å². The molecular formula is C26H27N7O2S. The van der Waals surface area contributed by atoms with Gasteiger partial charge >= 0.3 is 0 Å². The zero-order chi connectivity index (χ0) is 25.2. The Bertz CT molecular complexity index is 1290. The van der Waals surface area contributed by atoms with E-state index >= 15 is 0 Å². The second kappa shape index (κ2) is 12.6. The van der Waals surface area contributed by atoms with E-state index in [-0.39, 0.29) is 18.2 Å². The van der Waals surface area contributed by atoms with E-state index in [0.29, 0.717) is 23.1 Å². The maximum Gasteiger partial charge on any atom is 0.232 e. The van der Waals surface area contributed by atoms with Crippen molar-refractivity contribution in [2.24, 2.45) is 0 Å². The van der Waals surface area contributed by atoms with E-state index in [1.165, 1.54) is 11.3 Å². The van der Waals surface area contributed by atoms with Crippen molar-refractivity contribution in [3.63, 3.8) is 0 Å². The first-order valence-electron chi connectivity index (χ1n) is 11.7. The monoisotopic (exact) mass is 501 g/mol. The van der Waals surface area contributed by atoms with Gasteiger partial charge in [0.2, 0.25) is 16.9 Å². The van der Waals surface area contributed by atoms with Crippen LogP contribution in [0.2, 0.25) is 0 Å². The van der Waals surface area contributed by atoms with Crippen LogP contribution in [0, 0.1) is 6.92 Å². The van der Waals surface area contributed by atoms with Gasteiger partial charge in [-0.1, -0.05) is 47.2 Å². The lowest BCUT2D eigenvalue weighted by Gasteiger charge is -2.05. The largest absolute Gasteiger partial charge is 0.309 e. The van der Waals surface area contributed by atoms with Crippen molar-refractivity contribution in [2.45, 2.75) is 45.4 Å². The van der Waals surface area contributed by atoms with E-state index in [1.54, 1.807) is 12.3 Å². The number of amides is 2. The first kappa shape index (κ1) is 25.1. The average molecular weight is 502 g/mol. The van der Waals surface area contributed by atoms with Crippen LogP contribution < -0.4 is 10.6 Å². The molecule has 36 heavy (non-hydrogen) atoms. The molecule has 184 valence electrons. The van der Waals surface area contributed by atoms with Gasteiger partial charge in [-0.15, -0.1) is 15.3 Å². The zero-order valence-corrected chi connectivity index (χ0v) is 20.8. The minimum atomic E-state index is -0.162. The van der Waals surface area contributed by atoms with Gasteiger partial charge in [-0.05, 0) is 56.0 Å². The highest BCUT2D eigenvalue weighted by atomic mass is 32.1. The van der Waals surface area contributed by atoms with Crippen molar-refractivity contribution in [2.75, 3.05) is 10.6 Å². The Morgan fingerprint density at radius 3 is 2.44 bits per heavy atom. The Labute approximate surface area is 213 Å². The topological polar surface area (TPSA) is 123 Å². The molecule has 0 saturated carbocycles. The van der Waals surface area contributed by atoms with Crippen molar-refractivity contribution in [3.8, 4) is 0 Å². The molecule has 2 amide bonds. The highest BCUT2D eigenvalue weighted by Gasteiger charge is 2.10. The van der Waals surface area contributed by atoms with Crippen molar-refractivity contribution in [1.82, 2.24) is 25.4 Å². The van der Waals surface area contributed by atoms with Crippen molar-refractivity contribution >= 4 is 34.1 Å². The number of unbranched alkanes of at least 4 members (excludes halogenated alkanes) is 1. The number of aryl methyl sites for hydroxylation is 3. The molecule has 0 unspecified atom stereocenters. The van der Waals surface area contributed by atoms with Crippen LogP contribution in [0.1, 0.15) is 40.4 Å². The third-order valence-corrected chi connectivity index (χ3v) is 6.19. The predicted molar refractivity (Wildman–Crippen MR) is 139 cm³/mol. The Morgan fingerprint density at radius 1 is 0.806 bits per heavy atom. The Hall–Kier alpha value is -4.05. The number of benzene rings is 1. The molecule has 4 aromatic rings. The molecule has 3 aromatic heterocycles. The zero-order valence-electron chi connectivity index (χ0n) is 20.0. The number of aromatic nitrogens is 5. The maximum absolute atomic E-state index is 12.3. The summed E-state index contributed by atoms with van der Waals surface area (Å²) in [5.41, 5.74) is 3.66. The third-order valence-electron chi connectivity index (χ3n) is 5.29. The van der Waals surface area contributed by atoms with E-state index in [0.717, 1.165) is 47.5 Å². The van der Waals surface area contributed by atoms with Gasteiger partial charge in [-0.3, -0.25) is 14.6 Å². The molecule has 2 N–H and O–H groups in total. The quantitative estimate of drug-likeness (QED) is 0.298. The van der Waals surface area contributed by atoms with Crippen LogP contribution in [0.15, 0.2) is 60.8 Å². The molecule has 1 aromatic carbocycles. The molecule has 0 radical (unpaired) electrons. The van der Waals surface area contributed by atoms with Crippen LogP contribution in [-0.4, -0.2) is 37.2 Å². The predicted octanol–water partition coefficient (Wildman–Crippen LogP) is 3.96. The van der Waals surface area contributed by atoms with Gasteiger partial charge < -0.3 is 10.6 Å². The summed E-state index contributed by atoms with van der Waals surface area (Å²) in [6.45, 7) is 2.00. The van der Waals surface area contributed by atoms with Crippen LogP contribution in [0.25, 0.3) is 0 Å². The van der Waals surface area contributed by atoms with Crippen LogP contribution >= 0.6 is 11.3 Å². The van der Waals surface area contributed by atoms with Crippen molar-refractivity contribution in [1.29, 1.82) is 0 Å². The smallest absolute Gasteiger partial charge is 0.232 e. The molecule has 0 aliphatic heterocycles. The lowest BCUT2D eigenvalue weighted by molar-refractivity contribution is -0.116. The number of nitrogens with zero attached hydrogens (tertiary/aromatic N) is 5. The number of nitrogens with one attached hydrogen (secondary N) is 2. The fourth-order valence-electron chi connectivity index (χ4n) is 3.57. The van der Waals surface area contributed by atoms with Gasteiger partial charge in [0.05, 0.1) is 18.5 Å². The number of pyridine rings is 1. The number of anilines is 2. The Balaban J connectivity index is 1.15. The van der Waals surface area contributed by atoms with E-state index in [2.05, 4.69) is 36.0 Å². The van der Waals surface area contributed by atoms with Crippen LogP contribution in [0.4, 0.5) is 10.9 Å². The normalized spacial score (nSPS) is 10.7. The summed E-state index contributed by atoms with van der Waals surface area (Å²) >= 11 is 1.38. The molecule has 0 spiro atoms. The van der Waals surface area contributed by atoms with Gasteiger partial charge in [-0.25, -0.2) is 0 Å². The molecule has 4 rings (SSSR count). The number of carbonyl (C=O) groups is 2. The molecule has 0 fully saturated rings. The second-order valence-electron chi connectivity index (χ2n) is 8.38. The van der Waals surface area contributed by atoms with E-state index in [1.807, 2.05) is 55.5 Å². The van der Waals surface area contributed by atoms with Crippen LogP contribution in [-0.2, 0) is 35.3 Å². The molecule has 0 saturated heterocycles. The number of hydrogen-bond acceptors (Lipinski definition) is 8. The summed E-state index contributed by atoms with van der Waals surface area (Å²) in [6, 6.07) is 17.0. The van der Waals surface area contributed by atoms with Gasteiger partial charge in [-0.2, -0.15) is 5.10 Å². The maximum atomic E-state index is 12.3. The molecule has 0 bridgehead atoms. The third kappa shape index (κ3) is 8.02. The second-order valence-corrected chi connectivity index (χ2v) is 9.44. The lowest BCUT2D eigenvalue weighted by atomic mass is 10.1. The van der Waals surface area contributed by atoms with Gasteiger partial charge in [0, 0.05) is 18.3 Å². The van der Waals surface area contributed by atoms with E-state index in [9.17, 15) is 9.59 Å². The van der Waals surface area contributed by atoms with Gasteiger partial charge in [0.25, 0.3) is 0 Å². The standard InChI is InChI=1S/C26H27N7O2S/c1-18-7-6-8-19(15-18)16-23(34)28-22-13-12-20(30-31-22)9-2-3-11-25-32-33-26(36-25)29-24(35)17-21-10-4-5-14-27-21/h4-8,10,12-15H,2-3,9,11,16-17H2,1H3,(H,28,31,34)(H,29,33,35). The molecule has 3 heterocycles. The van der Waals surface area contributed by atoms with Crippen molar-refractivity contribution in [3.05, 3.63) is 88.3 Å². The fraction of sp³-hybridized carbons (Fsp3) is 0.269. The van der Waals surface area contributed by atoms with E-state index < -0.39 is 0 Å². The van der Waals surface area contributed by atoms with Crippen LogP contribution in [0.3, 0.4) is 0 Å². The lowest BCUT2D eigenvalue weighted by Crippen LogP contribution is -2.16. The minimum absolute atomic E-state index is 0.119. The highest BCUT2D eigenvalue weighted by Crippen LogP contribution is 2.18. The molecule has 0 aliphatic carbocycles. The molecule has 10 heteroatoms. The fourth-order valence-corrected chi connectivity index (χ4v) is 4.37. The molecular weight excluding hydrogens is 474 g/mol. The summed E-state index contributed by atoms with van der Waals surface area (Å²) in [4.78, 5) is 28.5. The SMILES string of the molecule is Cc1cccc(CC(=O)Nc2ccc(CCCCc3nnc(NC(=O)Cc4ccccn4)s3)nn2)c1. The Morgan fingerprint density at radius 2 is 1.67 bits per heavy atom. The summed E-state index contributed by atoms with van der Waals surface area (Å²) in [5.74, 6) is 0.166. The Kier molecular flexibility index (Phi) is 8.77. The average Bonchev–Trinajstić information content (AvgIpc) is 3.30. The number of rotatable bonds is 11. The molecule has 9 nitrogen and oxygen atoms in total. The number of carbonyl (C=O) groups excluding carboxylic acids is 2. The summed E-state index contributed by atoms with van der Waals surface area (Å²) in [6.07, 6.45) is 5.53. The molecule has 0 aliphatic rings. The summed E-state index contributed by atoms with van der Waals surface area (Å²) in [7, 11) is 0. The van der Waals surface area contributed by atoms with Gasteiger partial charge in [0.1, 0.15) is 5.01 Å². The summed E-state index contributed by atoms with van der Waals surface area (Å²) < 4.78 is 0. The first-order valence-corrected chi connectivity index (χ1v) is 12.6. The first-order chi connectivity index (χ1) is 17.5. The molecule has 0 atom stereocenters. The number of hydrogen-bond donors (Lipinski definition) is 2. The summed E-state index contributed by atoms with van der Waals surface area (Å²) in [5, 5.41) is 23.5. The van der Waals surface area contributed by atoms with Crippen LogP contribution in [0.5, 0.6) is 0 Å². The minimum Gasteiger partial charge on any atom is -0.309 e. The van der Waals surface area contributed by atoms with E-state index in [4.69, 9.17) is 0 Å². The highest BCUT2D eigenvalue weighted by molar-refractivity contribution is 7.15. The van der Waals surface area contributed by atoms with Gasteiger partial charge in [0.15, 0.2) is 5.82 Å².